The molecule has 2 aromatic heterocycles. The van der Waals surface area contributed by atoms with Crippen molar-refractivity contribution in [2.24, 2.45) is 0 Å². The van der Waals surface area contributed by atoms with Crippen molar-refractivity contribution in [3.63, 3.8) is 0 Å². The maximum atomic E-state index is 12.9. The van der Waals surface area contributed by atoms with Crippen molar-refractivity contribution in [3.05, 3.63) is 98.0 Å². The molecule has 0 fully saturated rings. The lowest BCUT2D eigenvalue weighted by Crippen LogP contribution is -2.47. The highest BCUT2D eigenvalue weighted by molar-refractivity contribution is 7.08. The Labute approximate surface area is 158 Å². The molecule has 5 heteroatoms. The first-order chi connectivity index (χ1) is 13.3. The summed E-state index contributed by atoms with van der Waals surface area (Å²) in [6.45, 7) is 0. The minimum absolute atomic E-state index is 0.413. The van der Waals surface area contributed by atoms with Crippen LogP contribution in [0.1, 0.15) is 28.4 Å². The highest BCUT2D eigenvalue weighted by atomic mass is 32.1. The molecule has 0 saturated carbocycles. The fraction of sp³-hybridized carbons (Fsp3) is 0.136. The molecule has 0 saturated heterocycles. The zero-order valence-electron chi connectivity index (χ0n) is 14.2. The van der Waals surface area contributed by atoms with E-state index in [0.29, 0.717) is 23.3 Å². The van der Waals surface area contributed by atoms with Crippen LogP contribution >= 0.6 is 11.3 Å². The molecule has 2 atom stereocenters. The van der Waals surface area contributed by atoms with Gasteiger partial charge < -0.3 is 13.9 Å². The first-order valence-electron chi connectivity index (χ1n) is 8.78. The van der Waals surface area contributed by atoms with Crippen molar-refractivity contribution in [3.8, 4) is 5.75 Å². The Bertz CT molecular complexity index is 1240. The van der Waals surface area contributed by atoms with Gasteiger partial charge in [-0.2, -0.15) is 11.3 Å². The van der Waals surface area contributed by atoms with Gasteiger partial charge in [0.25, 0.3) is 0 Å². The normalized spacial score (nSPS) is 22.7. The Kier molecular flexibility index (Phi) is 2.99. The number of benzene rings is 2. The molecular weight excluding hydrogens is 360 g/mol. The van der Waals surface area contributed by atoms with Crippen LogP contribution in [-0.2, 0) is 16.9 Å². The monoisotopic (exact) mass is 374 g/mol. The molecule has 2 bridgehead atoms. The van der Waals surface area contributed by atoms with Gasteiger partial charge >= 0.3 is 5.63 Å². The number of hydrogen-bond acceptors (Lipinski definition) is 5. The number of rotatable bonds is 1. The smallest absolute Gasteiger partial charge is 0.346 e. The molecule has 1 unspecified atom stereocenters. The van der Waals surface area contributed by atoms with Crippen LogP contribution in [0.4, 0.5) is 0 Å². The van der Waals surface area contributed by atoms with Crippen LogP contribution < -0.4 is 10.4 Å². The molecule has 2 aliphatic heterocycles. The van der Waals surface area contributed by atoms with Crippen LogP contribution in [0.2, 0.25) is 0 Å². The summed E-state index contributed by atoms with van der Waals surface area (Å²) < 4.78 is 18.5. The van der Waals surface area contributed by atoms with Gasteiger partial charge in [-0.15, -0.1) is 0 Å². The summed E-state index contributed by atoms with van der Waals surface area (Å²) in [5, 5.41) is 4.85. The van der Waals surface area contributed by atoms with Gasteiger partial charge in [0.15, 0.2) is 0 Å². The Balaban J connectivity index is 1.72. The van der Waals surface area contributed by atoms with Crippen molar-refractivity contribution >= 4 is 22.3 Å². The van der Waals surface area contributed by atoms with E-state index in [-0.39, 0.29) is 0 Å². The molecule has 4 aromatic rings. The molecule has 4 nitrogen and oxygen atoms in total. The van der Waals surface area contributed by atoms with Gasteiger partial charge in [0.1, 0.15) is 23.0 Å². The third-order valence-corrected chi connectivity index (χ3v) is 6.04. The maximum absolute atomic E-state index is 12.9. The van der Waals surface area contributed by atoms with E-state index in [9.17, 15) is 4.79 Å². The van der Waals surface area contributed by atoms with Crippen molar-refractivity contribution < 1.29 is 13.9 Å². The standard InChI is InChI=1S/C22H14O4S/c23-21-18-19-15-6-2-1-5-13(15)11-22(25-19,14-9-10-27-12-14)26-20(18)16-7-3-4-8-17(16)24-21/h1-10,12,19H,11H2/t19?,22-/m1/s1. The lowest BCUT2D eigenvalue weighted by Gasteiger charge is -2.46. The molecule has 0 spiro atoms. The molecule has 0 radical (unpaired) electrons. The van der Waals surface area contributed by atoms with Crippen LogP contribution in [0.5, 0.6) is 5.75 Å². The van der Waals surface area contributed by atoms with Crippen LogP contribution in [0, 0.1) is 0 Å². The fourth-order valence-electron chi connectivity index (χ4n) is 4.12. The predicted molar refractivity (Wildman–Crippen MR) is 102 cm³/mol. The summed E-state index contributed by atoms with van der Waals surface area (Å²) in [6, 6.07) is 17.6. The average molecular weight is 374 g/mol. The lowest BCUT2D eigenvalue weighted by atomic mass is 9.85. The van der Waals surface area contributed by atoms with E-state index in [4.69, 9.17) is 13.9 Å². The van der Waals surface area contributed by atoms with Gasteiger partial charge in [-0.25, -0.2) is 4.79 Å². The summed E-state index contributed by atoms with van der Waals surface area (Å²) in [4.78, 5) is 12.9. The van der Waals surface area contributed by atoms with E-state index < -0.39 is 17.5 Å². The third-order valence-electron chi connectivity index (χ3n) is 5.36. The van der Waals surface area contributed by atoms with Gasteiger partial charge in [-0.3, -0.25) is 0 Å². The van der Waals surface area contributed by atoms with Crippen molar-refractivity contribution in [1.82, 2.24) is 0 Å². The molecule has 4 heterocycles. The molecule has 0 N–H and O–H groups in total. The van der Waals surface area contributed by atoms with Crippen molar-refractivity contribution in [2.75, 3.05) is 0 Å². The van der Waals surface area contributed by atoms with E-state index in [0.717, 1.165) is 22.1 Å². The molecule has 2 aromatic carbocycles. The van der Waals surface area contributed by atoms with Gasteiger partial charge in [0.05, 0.1) is 5.39 Å². The minimum atomic E-state index is -0.942. The third kappa shape index (κ3) is 2.04. The Hall–Kier alpha value is -2.89. The van der Waals surface area contributed by atoms with Crippen LogP contribution in [0.3, 0.4) is 0 Å². The van der Waals surface area contributed by atoms with Crippen molar-refractivity contribution in [1.29, 1.82) is 0 Å². The molecule has 0 amide bonds. The van der Waals surface area contributed by atoms with Gasteiger partial charge in [0, 0.05) is 17.4 Å². The second-order valence-electron chi connectivity index (χ2n) is 6.87. The number of para-hydroxylation sites is 1. The predicted octanol–water partition coefficient (Wildman–Crippen LogP) is 4.76. The highest BCUT2D eigenvalue weighted by Gasteiger charge is 2.50. The molecule has 6 rings (SSSR count). The van der Waals surface area contributed by atoms with Crippen molar-refractivity contribution in [2.45, 2.75) is 18.3 Å². The second kappa shape index (κ2) is 5.31. The maximum Gasteiger partial charge on any atom is 0.346 e. The molecular formula is C22H14O4S. The Morgan fingerprint density at radius 2 is 1.89 bits per heavy atom. The number of hydrogen-bond donors (Lipinski definition) is 0. The zero-order valence-corrected chi connectivity index (χ0v) is 15.0. The molecule has 132 valence electrons. The lowest BCUT2D eigenvalue weighted by molar-refractivity contribution is -0.237. The van der Waals surface area contributed by atoms with E-state index in [1.807, 2.05) is 53.2 Å². The molecule has 27 heavy (non-hydrogen) atoms. The number of thiophene rings is 1. The number of ether oxygens (including phenoxy) is 2. The zero-order chi connectivity index (χ0) is 18.0. The summed E-state index contributed by atoms with van der Waals surface area (Å²) >= 11 is 1.60. The van der Waals surface area contributed by atoms with E-state index >= 15 is 0 Å². The average Bonchev–Trinajstić information content (AvgIpc) is 3.23. The Morgan fingerprint density at radius 3 is 2.78 bits per heavy atom. The van der Waals surface area contributed by atoms with E-state index in [1.54, 1.807) is 17.4 Å². The molecule has 0 aliphatic carbocycles. The number of fused-ring (bicyclic) bond motifs is 8. The highest BCUT2D eigenvalue weighted by Crippen LogP contribution is 2.52. The molecule has 2 aliphatic rings. The topological polar surface area (TPSA) is 48.7 Å². The quantitative estimate of drug-likeness (QED) is 0.451. The van der Waals surface area contributed by atoms with E-state index in [1.165, 1.54) is 0 Å². The van der Waals surface area contributed by atoms with E-state index in [2.05, 4.69) is 6.07 Å². The first kappa shape index (κ1) is 15.2. The summed E-state index contributed by atoms with van der Waals surface area (Å²) in [7, 11) is 0. The largest absolute Gasteiger partial charge is 0.456 e. The summed E-state index contributed by atoms with van der Waals surface area (Å²) in [5.41, 5.74) is 3.63. The fourth-order valence-corrected chi connectivity index (χ4v) is 4.83. The van der Waals surface area contributed by atoms with Crippen LogP contribution in [-0.4, -0.2) is 0 Å². The summed E-state index contributed by atoms with van der Waals surface area (Å²) in [6.07, 6.45) is 0.0733. The first-order valence-corrected chi connectivity index (χ1v) is 9.72. The Morgan fingerprint density at radius 1 is 1.04 bits per heavy atom. The SMILES string of the molecule is O=c1oc2ccccc2c2c1C1O[C@](c3ccsc3)(Cc3ccccc31)O2. The van der Waals surface area contributed by atoms with Gasteiger partial charge in [0.2, 0.25) is 5.79 Å². The van der Waals surface area contributed by atoms with Gasteiger partial charge in [-0.05, 0) is 34.7 Å². The van der Waals surface area contributed by atoms with Gasteiger partial charge in [-0.1, -0.05) is 36.4 Å². The summed E-state index contributed by atoms with van der Waals surface area (Å²) in [5.74, 6) is -0.374. The van der Waals surface area contributed by atoms with Crippen LogP contribution in [0.25, 0.3) is 11.0 Å². The van der Waals surface area contributed by atoms with Crippen LogP contribution in [0.15, 0.2) is 74.6 Å². The minimum Gasteiger partial charge on any atom is -0.456 e. The second-order valence-corrected chi connectivity index (χ2v) is 7.65.